The molecule has 0 aliphatic rings. The number of aromatic nitrogens is 3. The molecular weight excluding hydrogens is 276 g/mol. The third-order valence-electron chi connectivity index (χ3n) is 2.93. The highest BCUT2D eigenvalue weighted by molar-refractivity contribution is 5.90. The highest BCUT2D eigenvalue weighted by Gasteiger charge is 2.11. The van der Waals surface area contributed by atoms with Crippen LogP contribution in [0, 0.1) is 17.0 Å². The fourth-order valence-electron chi connectivity index (χ4n) is 1.74. The number of nitro groups is 1. The summed E-state index contributed by atoms with van der Waals surface area (Å²) in [5, 5.41) is 20.9. The van der Waals surface area contributed by atoms with Crippen molar-refractivity contribution in [2.24, 2.45) is 5.73 Å². The first-order valence-electron chi connectivity index (χ1n) is 6.14. The monoisotopic (exact) mass is 290 g/mol. The molecule has 1 aromatic carbocycles. The molecule has 3 N–H and O–H groups in total. The third kappa shape index (κ3) is 3.39. The molecule has 0 atom stereocenters. The number of nitrogens with two attached hydrogens (primary N) is 1. The van der Waals surface area contributed by atoms with Gasteiger partial charge in [0.25, 0.3) is 5.69 Å². The van der Waals surface area contributed by atoms with Crippen LogP contribution in [0.25, 0.3) is 0 Å². The third-order valence-corrected chi connectivity index (χ3v) is 2.93. The van der Waals surface area contributed by atoms with Gasteiger partial charge in [-0.3, -0.25) is 14.9 Å². The Balaban J connectivity index is 2.01. The lowest BCUT2D eigenvalue weighted by atomic mass is 10.3. The van der Waals surface area contributed by atoms with Crippen molar-refractivity contribution in [1.82, 2.24) is 15.0 Å². The van der Waals surface area contributed by atoms with Crippen molar-refractivity contribution >= 4 is 17.3 Å². The van der Waals surface area contributed by atoms with E-state index in [1.807, 2.05) is 0 Å². The zero-order chi connectivity index (χ0) is 15.4. The van der Waals surface area contributed by atoms with E-state index in [1.54, 1.807) is 6.92 Å². The lowest BCUT2D eigenvalue weighted by Crippen LogP contribution is -2.20. The van der Waals surface area contributed by atoms with Gasteiger partial charge in [-0.2, -0.15) is 0 Å². The van der Waals surface area contributed by atoms with Crippen LogP contribution in [-0.2, 0) is 17.9 Å². The van der Waals surface area contributed by atoms with Crippen molar-refractivity contribution in [1.29, 1.82) is 0 Å². The predicted molar refractivity (Wildman–Crippen MR) is 74.4 cm³/mol. The van der Waals surface area contributed by atoms with E-state index in [1.165, 1.54) is 28.9 Å². The molecule has 0 spiro atoms. The van der Waals surface area contributed by atoms with E-state index in [4.69, 9.17) is 5.73 Å². The minimum absolute atomic E-state index is 0.00415. The lowest BCUT2D eigenvalue weighted by molar-refractivity contribution is -0.384. The summed E-state index contributed by atoms with van der Waals surface area (Å²) in [5.74, 6) is -0.305. The number of carbonyl (C=O) groups excluding carboxylic acids is 1. The Morgan fingerprint density at radius 1 is 1.43 bits per heavy atom. The van der Waals surface area contributed by atoms with Gasteiger partial charge in [-0.25, -0.2) is 4.68 Å². The smallest absolute Gasteiger partial charge is 0.269 e. The zero-order valence-electron chi connectivity index (χ0n) is 11.3. The van der Waals surface area contributed by atoms with Crippen LogP contribution in [0.4, 0.5) is 11.4 Å². The molecule has 2 aromatic rings. The number of hydrogen-bond donors (Lipinski definition) is 2. The van der Waals surface area contributed by atoms with Crippen molar-refractivity contribution in [3.05, 3.63) is 45.8 Å². The quantitative estimate of drug-likeness (QED) is 0.612. The van der Waals surface area contributed by atoms with Crippen LogP contribution >= 0.6 is 0 Å². The molecule has 1 aromatic heterocycles. The predicted octanol–water partition coefficient (Wildman–Crippen LogP) is 0.592. The number of hydrogen-bond acceptors (Lipinski definition) is 6. The first-order chi connectivity index (χ1) is 10.0. The number of non-ortho nitro benzene ring substituents is 1. The average Bonchev–Trinajstić information content (AvgIpc) is 2.80. The molecule has 0 fully saturated rings. The van der Waals surface area contributed by atoms with Crippen LogP contribution in [0.2, 0.25) is 0 Å². The highest BCUT2D eigenvalue weighted by atomic mass is 16.6. The number of benzene rings is 1. The summed E-state index contributed by atoms with van der Waals surface area (Å²) in [6.45, 7) is 2.03. The van der Waals surface area contributed by atoms with Gasteiger partial charge in [-0.1, -0.05) is 5.21 Å². The molecule has 0 bridgehead atoms. The van der Waals surface area contributed by atoms with Crippen LogP contribution in [0.5, 0.6) is 0 Å². The standard InChI is InChI=1S/C12H14N6O3/c1-8-11(6-13)15-16-17(8)7-12(19)14-9-2-4-10(5-3-9)18(20)21/h2-5H,6-7,13H2,1H3,(H,14,19). The molecular formula is C12H14N6O3. The molecule has 0 unspecified atom stereocenters. The maximum absolute atomic E-state index is 11.9. The zero-order valence-corrected chi connectivity index (χ0v) is 11.3. The van der Waals surface area contributed by atoms with Gasteiger partial charge in [-0.15, -0.1) is 5.10 Å². The summed E-state index contributed by atoms with van der Waals surface area (Å²) in [4.78, 5) is 21.9. The van der Waals surface area contributed by atoms with E-state index in [0.29, 0.717) is 11.4 Å². The molecule has 0 radical (unpaired) electrons. The van der Waals surface area contributed by atoms with E-state index >= 15 is 0 Å². The molecule has 0 aliphatic heterocycles. The fourth-order valence-corrected chi connectivity index (χ4v) is 1.74. The topological polar surface area (TPSA) is 129 Å². The Hall–Kier alpha value is -2.81. The Kier molecular flexibility index (Phi) is 4.24. The van der Waals surface area contributed by atoms with Crippen molar-refractivity contribution in [2.45, 2.75) is 20.0 Å². The van der Waals surface area contributed by atoms with E-state index in [-0.39, 0.29) is 24.7 Å². The number of carbonyl (C=O) groups is 1. The van der Waals surface area contributed by atoms with Crippen LogP contribution in [-0.4, -0.2) is 25.8 Å². The summed E-state index contributed by atoms with van der Waals surface area (Å²) >= 11 is 0. The Morgan fingerprint density at radius 3 is 2.62 bits per heavy atom. The second-order valence-corrected chi connectivity index (χ2v) is 4.34. The van der Waals surface area contributed by atoms with E-state index in [9.17, 15) is 14.9 Å². The van der Waals surface area contributed by atoms with Gasteiger partial charge in [0, 0.05) is 24.4 Å². The summed E-state index contributed by atoms with van der Waals surface area (Å²) in [5.41, 5.74) is 7.30. The lowest BCUT2D eigenvalue weighted by Gasteiger charge is -2.06. The second kappa shape index (κ2) is 6.09. The first kappa shape index (κ1) is 14.6. The van der Waals surface area contributed by atoms with Gasteiger partial charge in [0.1, 0.15) is 6.54 Å². The first-order valence-corrected chi connectivity index (χ1v) is 6.14. The Morgan fingerprint density at radius 2 is 2.10 bits per heavy atom. The van der Waals surface area contributed by atoms with Crippen LogP contribution in [0.3, 0.4) is 0 Å². The minimum Gasteiger partial charge on any atom is -0.325 e. The highest BCUT2D eigenvalue weighted by Crippen LogP contribution is 2.15. The Bertz CT molecular complexity index is 664. The van der Waals surface area contributed by atoms with Gasteiger partial charge in [0.05, 0.1) is 16.3 Å². The van der Waals surface area contributed by atoms with Crippen LogP contribution in [0.1, 0.15) is 11.4 Å². The average molecular weight is 290 g/mol. The van der Waals surface area contributed by atoms with E-state index < -0.39 is 4.92 Å². The van der Waals surface area contributed by atoms with Gasteiger partial charge < -0.3 is 11.1 Å². The molecule has 1 heterocycles. The van der Waals surface area contributed by atoms with Crippen LogP contribution in [0.15, 0.2) is 24.3 Å². The van der Waals surface area contributed by atoms with Crippen molar-refractivity contribution in [3.8, 4) is 0 Å². The molecule has 0 saturated heterocycles. The molecule has 9 heteroatoms. The number of anilines is 1. The minimum atomic E-state index is -0.501. The summed E-state index contributed by atoms with van der Waals surface area (Å²) in [6.07, 6.45) is 0. The van der Waals surface area contributed by atoms with Gasteiger partial charge in [-0.05, 0) is 19.1 Å². The maximum Gasteiger partial charge on any atom is 0.269 e. The normalized spacial score (nSPS) is 10.4. The Labute approximate surface area is 119 Å². The maximum atomic E-state index is 11.9. The van der Waals surface area contributed by atoms with Crippen molar-refractivity contribution < 1.29 is 9.72 Å². The SMILES string of the molecule is Cc1c(CN)nnn1CC(=O)Nc1ccc([N+](=O)[O-])cc1. The molecule has 110 valence electrons. The molecule has 9 nitrogen and oxygen atoms in total. The molecule has 2 rings (SSSR count). The molecule has 0 saturated carbocycles. The van der Waals surface area contributed by atoms with Gasteiger partial charge >= 0.3 is 0 Å². The van der Waals surface area contributed by atoms with Crippen LogP contribution < -0.4 is 11.1 Å². The van der Waals surface area contributed by atoms with Gasteiger partial charge in [0.2, 0.25) is 5.91 Å². The van der Waals surface area contributed by atoms with E-state index in [0.717, 1.165) is 5.69 Å². The number of nitrogens with one attached hydrogen (secondary N) is 1. The molecule has 1 amide bonds. The van der Waals surface area contributed by atoms with Crippen molar-refractivity contribution in [2.75, 3.05) is 5.32 Å². The molecule has 0 aliphatic carbocycles. The second-order valence-electron chi connectivity index (χ2n) is 4.34. The summed E-state index contributed by atoms with van der Waals surface area (Å²) in [7, 11) is 0. The van der Waals surface area contributed by atoms with E-state index in [2.05, 4.69) is 15.6 Å². The van der Waals surface area contributed by atoms with Crippen molar-refractivity contribution in [3.63, 3.8) is 0 Å². The molecule has 21 heavy (non-hydrogen) atoms. The number of nitro benzene ring substituents is 1. The van der Waals surface area contributed by atoms with Gasteiger partial charge in [0.15, 0.2) is 0 Å². The largest absolute Gasteiger partial charge is 0.325 e. The summed E-state index contributed by atoms with van der Waals surface area (Å²) in [6, 6.07) is 5.58. The number of amides is 1. The fraction of sp³-hybridized carbons (Fsp3) is 0.250. The number of rotatable bonds is 5. The number of nitrogens with zero attached hydrogens (tertiary/aromatic N) is 4. The summed E-state index contributed by atoms with van der Waals surface area (Å²) < 4.78 is 1.45.